The summed E-state index contributed by atoms with van der Waals surface area (Å²) in [7, 11) is 0. The lowest BCUT2D eigenvalue weighted by Crippen LogP contribution is -2.63. The van der Waals surface area contributed by atoms with Crippen molar-refractivity contribution in [3.8, 4) is 0 Å². The van der Waals surface area contributed by atoms with Gasteiger partial charge in [-0.3, -0.25) is 15.0 Å². The van der Waals surface area contributed by atoms with Crippen LogP contribution in [0.25, 0.3) is 0 Å². The maximum absolute atomic E-state index is 14.0. The number of amidine groups is 1. The van der Waals surface area contributed by atoms with Gasteiger partial charge in [-0.1, -0.05) is 30.3 Å². The molecule has 148 valence electrons. The Morgan fingerprint density at radius 2 is 1.96 bits per heavy atom. The zero-order valence-corrected chi connectivity index (χ0v) is 14.7. The van der Waals surface area contributed by atoms with Gasteiger partial charge in [-0.2, -0.15) is 13.2 Å². The number of furan rings is 1. The van der Waals surface area contributed by atoms with Crippen molar-refractivity contribution in [3.63, 3.8) is 0 Å². The number of halogens is 3. The number of amides is 2. The average Bonchev–Trinajstić information content (AvgIpc) is 3.25. The SMILES string of the molecule is CCOC(=O)N[C@]1(C(F)(F)F)N=C(c2ccccc2)N(Cc2ccco2)C1=O. The molecule has 10 heteroatoms. The summed E-state index contributed by atoms with van der Waals surface area (Å²) in [4.78, 5) is 29.1. The number of alkyl carbamates (subject to hydrolysis) is 1. The number of rotatable bonds is 5. The molecule has 3 rings (SSSR count). The summed E-state index contributed by atoms with van der Waals surface area (Å²) in [5, 5.41) is 1.60. The number of nitrogens with zero attached hydrogens (tertiary/aromatic N) is 2. The van der Waals surface area contributed by atoms with Crippen LogP contribution in [0.3, 0.4) is 0 Å². The van der Waals surface area contributed by atoms with Crippen LogP contribution in [0, 0.1) is 0 Å². The van der Waals surface area contributed by atoms with Crippen LogP contribution in [0.4, 0.5) is 18.0 Å². The van der Waals surface area contributed by atoms with Gasteiger partial charge in [-0.05, 0) is 19.1 Å². The molecule has 0 unspecified atom stereocenters. The number of hydrogen-bond donors (Lipinski definition) is 1. The molecule has 1 aromatic carbocycles. The molecule has 0 radical (unpaired) electrons. The molecule has 7 nitrogen and oxygen atoms in total. The summed E-state index contributed by atoms with van der Waals surface area (Å²) in [5.74, 6) is -1.44. The first-order chi connectivity index (χ1) is 13.3. The molecule has 1 atom stereocenters. The lowest BCUT2D eigenvalue weighted by Gasteiger charge is -2.28. The first-order valence-corrected chi connectivity index (χ1v) is 8.30. The van der Waals surface area contributed by atoms with Crippen LogP contribution in [0.2, 0.25) is 0 Å². The number of carbonyl (C=O) groups is 2. The van der Waals surface area contributed by atoms with Crippen molar-refractivity contribution in [2.24, 2.45) is 4.99 Å². The Kier molecular flexibility index (Phi) is 5.12. The zero-order valence-electron chi connectivity index (χ0n) is 14.7. The quantitative estimate of drug-likeness (QED) is 0.843. The van der Waals surface area contributed by atoms with E-state index in [1.807, 2.05) is 0 Å². The molecule has 1 aliphatic heterocycles. The Bertz CT molecular complexity index is 881. The second-order valence-corrected chi connectivity index (χ2v) is 5.83. The fraction of sp³-hybridized carbons (Fsp3) is 0.278. The topological polar surface area (TPSA) is 84.1 Å². The van der Waals surface area contributed by atoms with Crippen LogP contribution >= 0.6 is 0 Å². The number of ether oxygens (including phenoxy) is 1. The van der Waals surface area contributed by atoms with Crippen molar-refractivity contribution in [2.75, 3.05) is 6.61 Å². The van der Waals surface area contributed by atoms with Crippen LogP contribution < -0.4 is 5.32 Å². The minimum absolute atomic E-state index is 0.167. The van der Waals surface area contributed by atoms with Crippen LogP contribution in [0.5, 0.6) is 0 Å². The Balaban J connectivity index is 2.10. The van der Waals surface area contributed by atoms with Crippen LogP contribution in [0.1, 0.15) is 18.2 Å². The number of aliphatic imine (C=N–C) groups is 1. The van der Waals surface area contributed by atoms with E-state index < -0.39 is 23.8 Å². The van der Waals surface area contributed by atoms with E-state index >= 15 is 0 Å². The minimum atomic E-state index is -5.20. The third-order valence-electron chi connectivity index (χ3n) is 3.98. The third-order valence-corrected chi connectivity index (χ3v) is 3.98. The van der Waals surface area contributed by atoms with E-state index in [1.165, 1.54) is 31.4 Å². The van der Waals surface area contributed by atoms with Gasteiger partial charge in [0.05, 0.1) is 19.4 Å². The average molecular weight is 395 g/mol. The van der Waals surface area contributed by atoms with Crippen molar-refractivity contribution >= 4 is 17.8 Å². The van der Waals surface area contributed by atoms with Gasteiger partial charge in [0.2, 0.25) is 0 Å². The highest BCUT2D eigenvalue weighted by Crippen LogP contribution is 2.39. The molecule has 1 aromatic heterocycles. The molecule has 0 spiro atoms. The van der Waals surface area contributed by atoms with Gasteiger partial charge in [0.1, 0.15) is 11.6 Å². The van der Waals surface area contributed by atoms with Crippen molar-refractivity contribution in [3.05, 3.63) is 60.1 Å². The molecule has 1 aliphatic rings. The monoisotopic (exact) mass is 395 g/mol. The largest absolute Gasteiger partial charge is 0.467 e. The lowest BCUT2D eigenvalue weighted by atomic mass is 10.1. The maximum atomic E-state index is 14.0. The van der Waals surface area contributed by atoms with E-state index in [0.717, 1.165) is 4.90 Å². The van der Waals surface area contributed by atoms with E-state index in [2.05, 4.69) is 9.73 Å². The Morgan fingerprint density at radius 3 is 2.54 bits per heavy atom. The number of carbonyl (C=O) groups excluding carboxylic acids is 2. The molecule has 0 bridgehead atoms. The van der Waals surface area contributed by atoms with Crippen LogP contribution in [0.15, 0.2) is 58.1 Å². The molecule has 0 fully saturated rings. The Morgan fingerprint density at radius 1 is 1.25 bits per heavy atom. The van der Waals surface area contributed by atoms with Crippen LogP contribution in [-0.4, -0.2) is 41.2 Å². The number of nitrogens with one attached hydrogen (secondary N) is 1. The van der Waals surface area contributed by atoms with Gasteiger partial charge < -0.3 is 9.15 Å². The smallest absolute Gasteiger partial charge is 0.442 e. The fourth-order valence-electron chi connectivity index (χ4n) is 2.72. The van der Waals surface area contributed by atoms with E-state index in [-0.39, 0.29) is 30.3 Å². The molecule has 28 heavy (non-hydrogen) atoms. The number of hydrogen-bond acceptors (Lipinski definition) is 5. The molecule has 2 amide bonds. The molecular formula is C18H16F3N3O4. The molecule has 0 aliphatic carbocycles. The van der Waals surface area contributed by atoms with Crippen molar-refractivity contribution in [1.29, 1.82) is 0 Å². The summed E-state index contributed by atoms with van der Waals surface area (Å²) in [6.07, 6.45) is -5.26. The second kappa shape index (κ2) is 7.37. The lowest BCUT2D eigenvalue weighted by molar-refractivity contribution is -0.197. The van der Waals surface area contributed by atoms with Gasteiger partial charge in [-0.15, -0.1) is 0 Å². The molecule has 1 N–H and O–H groups in total. The molecule has 0 saturated carbocycles. The standard InChI is InChI=1S/C18H16F3N3O4/c1-2-27-16(26)23-17(18(19,20)21)15(25)24(11-13-9-6-10-28-13)14(22-17)12-7-4-3-5-8-12/h3-10H,2,11H2,1H3,(H,23,26)/t17-/m1/s1. The van der Waals surface area contributed by atoms with E-state index in [1.54, 1.807) is 29.6 Å². The summed E-state index contributed by atoms with van der Waals surface area (Å²) in [5.41, 5.74) is -3.21. The van der Waals surface area contributed by atoms with Crippen LogP contribution in [-0.2, 0) is 16.1 Å². The molecule has 2 aromatic rings. The second-order valence-electron chi connectivity index (χ2n) is 5.83. The summed E-state index contributed by atoms with van der Waals surface area (Å²) >= 11 is 0. The number of benzene rings is 1. The van der Waals surface area contributed by atoms with E-state index in [0.29, 0.717) is 0 Å². The van der Waals surface area contributed by atoms with Crippen molar-refractivity contribution in [1.82, 2.24) is 10.2 Å². The highest BCUT2D eigenvalue weighted by atomic mass is 19.4. The zero-order chi connectivity index (χ0) is 20.4. The van der Waals surface area contributed by atoms with Crippen molar-refractivity contribution < 1.29 is 31.9 Å². The van der Waals surface area contributed by atoms with Crippen molar-refractivity contribution in [2.45, 2.75) is 25.3 Å². The van der Waals surface area contributed by atoms with Gasteiger partial charge in [0.15, 0.2) is 0 Å². The summed E-state index contributed by atoms with van der Waals surface area (Å²) in [6.45, 7) is 0.972. The normalized spacial score (nSPS) is 19.5. The fourth-order valence-corrected chi connectivity index (χ4v) is 2.72. The number of alkyl halides is 3. The highest BCUT2D eigenvalue weighted by Gasteiger charge is 2.67. The van der Waals surface area contributed by atoms with Gasteiger partial charge >= 0.3 is 17.9 Å². The first kappa shape index (κ1) is 19.5. The Hall–Kier alpha value is -3.30. The van der Waals surface area contributed by atoms with Gasteiger partial charge in [0, 0.05) is 5.56 Å². The predicted octanol–water partition coefficient (Wildman–Crippen LogP) is 3.07. The molecule has 2 heterocycles. The Labute approximate surface area is 157 Å². The molecule has 0 saturated heterocycles. The minimum Gasteiger partial charge on any atom is -0.467 e. The highest BCUT2D eigenvalue weighted by molar-refractivity contribution is 6.16. The first-order valence-electron chi connectivity index (χ1n) is 8.30. The maximum Gasteiger partial charge on any atom is 0.442 e. The predicted molar refractivity (Wildman–Crippen MR) is 91.2 cm³/mol. The van der Waals surface area contributed by atoms with E-state index in [4.69, 9.17) is 4.42 Å². The van der Waals surface area contributed by atoms with Gasteiger partial charge in [-0.25, -0.2) is 9.79 Å². The molecular weight excluding hydrogens is 379 g/mol. The summed E-state index contributed by atoms with van der Waals surface area (Å²) in [6, 6.07) is 11.0. The third kappa shape index (κ3) is 3.45. The summed E-state index contributed by atoms with van der Waals surface area (Å²) < 4.78 is 51.6. The van der Waals surface area contributed by atoms with E-state index in [9.17, 15) is 22.8 Å². The van der Waals surface area contributed by atoms with Gasteiger partial charge in [0.25, 0.3) is 5.91 Å².